The molecule has 0 atom stereocenters. The highest BCUT2D eigenvalue weighted by Gasteiger charge is 1.97. The van der Waals surface area contributed by atoms with Gasteiger partial charge in [-0.05, 0) is 37.8 Å². The van der Waals surface area contributed by atoms with Gasteiger partial charge in [-0.2, -0.15) is 0 Å². The summed E-state index contributed by atoms with van der Waals surface area (Å²) in [7, 11) is 1.80. The number of nitrogens with zero attached hydrogens (tertiary/aromatic N) is 1. The molecule has 0 rings (SSSR count). The molecule has 0 aliphatic rings. The maximum absolute atomic E-state index is 4.05. The van der Waals surface area contributed by atoms with E-state index in [0.717, 1.165) is 12.8 Å². The van der Waals surface area contributed by atoms with Crippen molar-refractivity contribution >= 4 is 6.21 Å². The fourth-order valence-electron chi connectivity index (χ4n) is 1.26. The first-order valence-electron chi connectivity index (χ1n) is 5.19. The third kappa shape index (κ3) is 4.80. The first-order chi connectivity index (χ1) is 6.79. The first kappa shape index (κ1) is 12.9. The SMILES string of the molecule is C/C=C(\C=N/C)C(=C/C)/C/C=C\CC. The summed E-state index contributed by atoms with van der Waals surface area (Å²) in [6.45, 7) is 6.27. The largest absolute Gasteiger partial charge is 0.296 e. The van der Waals surface area contributed by atoms with Crippen LogP contribution >= 0.6 is 0 Å². The van der Waals surface area contributed by atoms with Crippen LogP contribution in [0.2, 0.25) is 0 Å². The summed E-state index contributed by atoms with van der Waals surface area (Å²) in [5.74, 6) is 0. The summed E-state index contributed by atoms with van der Waals surface area (Å²) in [4.78, 5) is 4.05. The maximum atomic E-state index is 4.05. The van der Waals surface area contributed by atoms with Gasteiger partial charge in [0.2, 0.25) is 0 Å². The predicted molar refractivity (Wildman–Crippen MR) is 66.0 cm³/mol. The van der Waals surface area contributed by atoms with Crippen molar-refractivity contribution in [2.75, 3.05) is 7.05 Å². The third-order valence-corrected chi connectivity index (χ3v) is 2.04. The average molecular weight is 191 g/mol. The molecule has 0 unspecified atom stereocenters. The topological polar surface area (TPSA) is 12.4 Å². The van der Waals surface area contributed by atoms with Crippen LogP contribution in [-0.4, -0.2) is 13.3 Å². The molecule has 0 amide bonds. The van der Waals surface area contributed by atoms with Gasteiger partial charge >= 0.3 is 0 Å². The monoisotopic (exact) mass is 191 g/mol. The van der Waals surface area contributed by atoms with E-state index in [9.17, 15) is 0 Å². The van der Waals surface area contributed by atoms with Crippen molar-refractivity contribution in [3.63, 3.8) is 0 Å². The standard InChI is InChI=1S/C13H21N/c1-5-8-9-10-12(6-2)13(7-3)11-14-4/h6-9,11H,5,10H2,1-4H3/b9-8-,12-6+,13-7+,14-11-. The number of rotatable bonds is 5. The highest BCUT2D eigenvalue weighted by molar-refractivity contribution is 5.84. The minimum atomic E-state index is 0.996. The Hall–Kier alpha value is -1.11. The van der Waals surface area contributed by atoms with Crippen molar-refractivity contribution < 1.29 is 0 Å². The Kier molecular flexibility index (Phi) is 7.81. The number of hydrogen-bond acceptors (Lipinski definition) is 1. The van der Waals surface area contributed by atoms with Gasteiger partial charge in [0.15, 0.2) is 0 Å². The summed E-state index contributed by atoms with van der Waals surface area (Å²) >= 11 is 0. The van der Waals surface area contributed by atoms with Crippen LogP contribution in [0.1, 0.15) is 33.6 Å². The first-order valence-corrected chi connectivity index (χ1v) is 5.19. The molecule has 78 valence electrons. The van der Waals surface area contributed by atoms with Crippen LogP contribution in [0.15, 0.2) is 40.4 Å². The molecule has 0 aromatic heterocycles. The lowest BCUT2D eigenvalue weighted by atomic mass is 10.0. The highest BCUT2D eigenvalue weighted by atomic mass is 14.6. The van der Waals surface area contributed by atoms with Gasteiger partial charge in [-0.3, -0.25) is 4.99 Å². The van der Waals surface area contributed by atoms with Crippen molar-refractivity contribution in [2.24, 2.45) is 4.99 Å². The lowest BCUT2D eigenvalue weighted by Gasteiger charge is -2.03. The minimum absolute atomic E-state index is 0.996. The highest BCUT2D eigenvalue weighted by Crippen LogP contribution is 2.13. The van der Waals surface area contributed by atoms with Crippen molar-refractivity contribution in [1.82, 2.24) is 0 Å². The molecule has 0 N–H and O–H groups in total. The van der Waals surface area contributed by atoms with Crippen LogP contribution < -0.4 is 0 Å². The molecule has 0 radical (unpaired) electrons. The van der Waals surface area contributed by atoms with Gasteiger partial charge in [0.25, 0.3) is 0 Å². The van der Waals surface area contributed by atoms with Crippen LogP contribution in [0.25, 0.3) is 0 Å². The zero-order valence-corrected chi connectivity index (χ0v) is 9.75. The van der Waals surface area contributed by atoms with E-state index < -0.39 is 0 Å². The fourth-order valence-corrected chi connectivity index (χ4v) is 1.26. The second-order valence-corrected chi connectivity index (χ2v) is 3.03. The molecule has 0 spiro atoms. The Morgan fingerprint density at radius 1 is 1.14 bits per heavy atom. The van der Waals surface area contributed by atoms with Gasteiger partial charge in [0.05, 0.1) is 0 Å². The fraction of sp³-hybridized carbons (Fsp3) is 0.462. The molecule has 0 aliphatic heterocycles. The van der Waals surface area contributed by atoms with E-state index in [0.29, 0.717) is 0 Å². The Morgan fingerprint density at radius 2 is 1.86 bits per heavy atom. The Labute approximate surface area is 87.9 Å². The molecular weight excluding hydrogens is 170 g/mol. The summed E-state index contributed by atoms with van der Waals surface area (Å²) in [5.41, 5.74) is 2.55. The number of allylic oxidation sites excluding steroid dienone is 6. The zero-order valence-electron chi connectivity index (χ0n) is 9.75. The van der Waals surface area contributed by atoms with E-state index in [4.69, 9.17) is 0 Å². The summed E-state index contributed by atoms with van der Waals surface area (Å²) < 4.78 is 0. The summed E-state index contributed by atoms with van der Waals surface area (Å²) in [5, 5.41) is 0. The zero-order chi connectivity index (χ0) is 10.8. The van der Waals surface area contributed by atoms with Crippen LogP contribution in [0.5, 0.6) is 0 Å². The van der Waals surface area contributed by atoms with Crippen LogP contribution in [-0.2, 0) is 0 Å². The predicted octanol–water partition coefficient (Wildman–Crippen LogP) is 3.94. The lowest BCUT2D eigenvalue weighted by Crippen LogP contribution is -1.90. The van der Waals surface area contributed by atoms with Gasteiger partial charge in [-0.15, -0.1) is 0 Å². The van der Waals surface area contributed by atoms with Crippen molar-refractivity contribution in [1.29, 1.82) is 0 Å². The molecule has 0 aromatic carbocycles. The van der Waals surface area contributed by atoms with E-state index >= 15 is 0 Å². The van der Waals surface area contributed by atoms with Gasteiger partial charge in [0.1, 0.15) is 0 Å². The molecule has 0 saturated heterocycles. The van der Waals surface area contributed by atoms with Crippen LogP contribution in [0, 0.1) is 0 Å². The third-order valence-electron chi connectivity index (χ3n) is 2.04. The smallest absolute Gasteiger partial charge is 0.0280 e. The Balaban J connectivity index is 4.48. The molecular formula is C13H21N. The van der Waals surface area contributed by atoms with Crippen LogP contribution in [0.4, 0.5) is 0 Å². The molecule has 14 heavy (non-hydrogen) atoms. The van der Waals surface area contributed by atoms with E-state index in [1.807, 2.05) is 13.1 Å². The maximum Gasteiger partial charge on any atom is 0.0280 e. The lowest BCUT2D eigenvalue weighted by molar-refractivity contribution is 1.17. The van der Waals surface area contributed by atoms with Crippen LogP contribution in [0.3, 0.4) is 0 Å². The molecule has 0 bridgehead atoms. The number of aliphatic imine (C=N–C) groups is 1. The normalized spacial score (nSPS) is 14.6. The molecule has 0 saturated carbocycles. The van der Waals surface area contributed by atoms with Crippen molar-refractivity contribution in [3.05, 3.63) is 35.5 Å². The van der Waals surface area contributed by atoms with E-state index in [-0.39, 0.29) is 0 Å². The second kappa shape index (κ2) is 8.49. The number of hydrogen-bond donors (Lipinski definition) is 0. The quantitative estimate of drug-likeness (QED) is 0.354. The summed E-state index contributed by atoms with van der Waals surface area (Å²) in [6.07, 6.45) is 12.7. The second-order valence-electron chi connectivity index (χ2n) is 3.03. The van der Waals surface area contributed by atoms with Crippen molar-refractivity contribution in [3.8, 4) is 0 Å². The average Bonchev–Trinajstić information content (AvgIpc) is 2.22. The van der Waals surface area contributed by atoms with Gasteiger partial charge in [0, 0.05) is 13.3 Å². The Bertz CT molecular complexity index is 254. The Morgan fingerprint density at radius 3 is 2.29 bits per heavy atom. The van der Waals surface area contributed by atoms with E-state index in [2.05, 4.69) is 43.1 Å². The molecule has 1 heteroatoms. The van der Waals surface area contributed by atoms with Gasteiger partial charge in [-0.25, -0.2) is 0 Å². The van der Waals surface area contributed by atoms with Gasteiger partial charge in [-0.1, -0.05) is 31.2 Å². The van der Waals surface area contributed by atoms with Crippen molar-refractivity contribution in [2.45, 2.75) is 33.6 Å². The van der Waals surface area contributed by atoms with E-state index in [1.165, 1.54) is 11.1 Å². The minimum Gasteiger partial charge on any atom is -0.296 e. The summed E-state index contributed by atoms with van der Waals surface area (Å²) in [6, 6.07) is 0. The molecule has 0 fully saturated rings. The van der Waals surface area contributed by atoms with Gasteiger partial charge < -0.3 is 0 Å². The van der Waals surface area contributed by atoms with E-state index in [1.54, 1.807) is 7.05 Å². The molecule has 0 aliphatic carbocycles. The molecule has 0 aromatic rings. The molecule has 0 heterocycles. The molecule has 1 nitrogen and oxygen atoms in total.